The second-order valence-electron chi connectivity index (χ2n) is 5.56. The fraction of sp³-hybridized carbons (Fsp3) is 0.857. The lowest BCUT2D eigenvalue weighted by molar-refractivity contribution is -0.142. The summed E-state index contributed by atoms with van der Waals surface area (Å²) >= 11 is 0. The molecule has 0 spiro atoms. The third-order valence-corrected chi connectivity index (χ3v) is 2.59. The van der Waals surface area contributed by atoms with Crippen molar-refractivity contribution in [3.05, 3.63) is 0 Å². The van der Waals surface area contributed by atoms with Crippen LogP contribution in [0.25, 0.3) is 0 Å². The van der Waals surface area contributed by atoms with Crippen molar-refractivity contribution in [3.8, 4) is 0 Å². The van der Waals surface area contributed by atoms with Gasteiger partial charge in [0.25, 0.3) is 0 Å². The minimum Gasteiger partial charge on any atom is -0.469 e. The normalized spacial score (nSPS) is 12.7. The first-order valence-electron chi connectivity index (χ1n) is 6.79. The maximum atomic E-state index is 12.3. The van der Waals surface area contributed by atoms with Crippen molar-refractivity contribution >= 4 is 12.1 Å². The Kier molecular flexibility index (Phi) is 8.96. The Morgan fingerprint density at radius 3 is 2.14 bits per heavy atom. The topological polar surface area (TPSA) is 74.3 Å². The molecule has 7 nitrogen and oxygen atoms in total. The summed E-state index contributed by atoms with van der Waals surface area (Å²) in [4.78, 5) is 25.2. The molecule has 1 atom stereocenters. The fourth-order valence-electron chi connectivity index (χ4n) is 1.66. The van der Waals surface area contributed by atoms with Gasteiger partial charge >= 0.3 is 12.1 Å². The Labute approximate surface area is 126 Å². The number of rotatable bonds is 8. The highest BCUT2D eigenvalue weighted by Crippen LogP contribution is 2.14. The smallest absolute Gasteiger partial charge is 0.410 e. The van der Waals surface area contributed by atoms with E-state index < -0.39 is 23.7 Å². The maximum Gasteiger partial charge on any atom is 0.410 e. The van der Waals surface area contributed by atoms with Crippen molar-refractivity contribution in [3.63, 3.8) is 0 Å². The number of esters is 1. The molecule has 1 amide bonds. The fourth-order valence-corrected chi connectivity index (χ4v) is 1.66. The van der Waals surface area contributed by atoms with Gasteiger partial charge in [0.05, 0.1) is 32.8 Å². The molecule has 0 bridgehead atoms. The molecule has 0 N–H and O–H groups in total. The lowest BCUT2D eigenvalue weighted by Gasteiger charge is -2.32. The largest absolute Gasteiger partial charge is 0.469 e. The van der Waals surface area contributed by atoms with E-state index in [1.807, 2.05) is 0 Å². The van der Waals surface area contributed by atoms with Gasteiger partial charge in [-0.1, -0.05) is 0 Å². The molecule has 1 unspecified atom stereocenters. The Hall–Kier alpha value is -1.34. The summed E-state index contributed by atoms with van der Waals surface area (Å²) in [5, 5.41) is 0. The first-order chi connectivity index (χ1) is 9.75. The van der Waals surface area contributed by atoms with Crippen LogP contribution in [0.1, 0.15) is 27.2 Å². The first kappa shape index (κ1) is 19.7. The molecule has 7 heteroatoms. The van der Waals surface area contributed by atoms with Gasteiger partial charge in [-0.15, -0.1) is 0 Å². The summed E-state index contributed by atoms with van der Waals surface area (Å²) in [6.07, 6.45) is -0.474. The number of methoxy groups -OCH3 is 3. The zero-order chi connectivity index (χ0) is 16.5. The van der Waals surface area contributed by atoms with Crippen LogP contribution in [0.5, 0.6) is 0 Å². The van der Waals surface area contributed by atoms with E-state index in [9.17, 15) is 9.59 Å². The zero-order valence-corrected chi connectivity index (χ0v) is 13.8. The first-order valence-corrected chi connectivity index (χ1v) is 6.79. The van der Waals surface area contributed by atoms with E-state index in [-0.39, 0.29) is 13.0 Å². The predicted octanol–water partition coefficient (Wildman–Crippen LogP) is 1.45. The molecular weight excluding hydrogens is 278 g/mol. The summed E-state index contributed by atoms with van der Waals surface area (Å²) in [5.74, 6) is -0.414. The summed E-state index contributed by atoms with van der Waals surface area (Å²) in [6, 6.07) is -0.465. The molecule has 0 saturated heterocycles. The van der Waals surface area contributed by atoms with Crippen molar-refractivity contribution in [1.29, 1.82) is 0 Å². The van der Waals surface area contributed by atoms with Gasteiger partial charge in [0, 0.05) is 20.8 Å². The number of carbonyl (C=O) groups is 2. The van der Waals surface area contributed by atoms with E-state index in [1.54, 1.807) is 27.9 Å². The van der Waals surface area contributed by atoms with E-state index in [0.717, 1.165) is 0 Å². The highest BCUT2D eigenvalue weighted by molar-refractivity contribution is 5.73. The molecule has 0 rings (SSSR count). The SMILES string of the molecule is COCCN(C(=O)OC(C)(C)C)C(COC)CC(=O)OC. The maximum absolute atomic E-state index is 12.3. The van der Waals surface area contributed by atoms with E-state index in [1.165, 1.54) is 19.1 Å². The van der Waals surface area contributed by atoms with Gasteiger partial charge in [-0.3, -0.25) is 9.69 Å². The van der Waals surface area contributed by atoms with Crippen LogP contribution in [0.15, 0.2) is 0 Å². The van der Waals surface area contributed by atoms with Gasteiger partial charge in [0.2, 0.25) is 0 Å². The Morgan fingerprint density at radius 1 is 1.10 bits per heavy atom. The van der Waals surface area contributed by atoms with E-state index >= 15 is 0 Å². The lowest BCUT2D eigenvalue weighted by Crippen LogP contribution is -2.47. The number of hydrogen-bond donors (Lipinski definition) is 0. The van der Waals surface area contributed by atoms with Gasteiger partial charge < -0.3 is 18.9 Å². The molecule has 0 aliphatic heterocycles. The van der Waals surface area contributed by atoms with Gasteiger partial charge in [0.1, 0.15) is 5.60 Å². The second-order valence-corrected chi connectivity index (χ2v) is 5.56. The molecular formula is C14H27NO6. The van der Waals surface area contributed by atoms with Crippen molar-refractivity contribution in [1.82, 2.24) is 4.90 Å². The van der Waals surface area contributed by atoms with Crippen molar-refractivity contribution in [2.45, 2.75) is 38.8 Å². The third-order valence-electron chi connectivity index (χ3n) is 2.59. The summed E-state index contributed by atoms with van der Waals surface area (Å²) in [7, 11) is 4.35. The van der Waals surface area contributed by atoms with Crippen LogP contribution in [0.3, 0.4) is 0 Å². The monoisotopic (exact) mass is 305 g/mol. The van der Waals surface area contributed by atoms with Gasteiger partial charge in [-0.25, -0.2) is 4.79 Å². The third kappa shape index (κ3) is 8.52. The molecule has 0 aromatic rings. The zero-order valence-electron chi connectivity index (χ0n) is 13.8. The minimum absolute atomic E-state index is 0.0350. The van der Waals surface area contributed by atoms with E-state index in [2.05, 4.69) is 4.74 Å². The quantitative estimate of drug-likeness (QED) is 0.632. The van der Waals surface area contributed by atoms with Crippen LogP contribution in [0.2, 0.25) is 0 Å². The van der Waals surface area contributed by atoms with E-state index in [4.69, 9.17) is 14.2 Å². The highest BCUT2D eigenvalue weighted by atomic mass is 16.6. The van der Waals surface area contributed by atoms with Gasteiger partial charge in [0.15, 0.2) is 0 Å². The number of ether oxygens (including phenoxy) is 4. The number of carbonyl (C=O) groups excluding carboxylic acids is 2. The van der Waals surface area contributed by atoms with Crippen LogP contribution in [0.4, 0.5) is 4.79 Å². The molecule has 0 heterocycles. The highest BCUT2D eigenvalue weighted by Gasteiger charge is 2.30. The lowest BCUT2D eigenvalue weighted by atomic mass is 10.2. The molecule has 0 aromatic carbocycles. The minimum atomic E-state index is -0.620. The summed E-state index contributed by atoms with van der Waals surface area (Å²) in [6.45, 7) is 6.19. The number of hydrogen-bond acceptors (Lipinski definition) is 6. The Bertz CT molecular complexity index is 326. The number of amides is 1. The molecule has 0 fully saturated rings. The average Bonchev–Trinajstić information content (AvgIpc) is 2.37. The molecule has 0 saturated carbocycles. The van der Waals surface area contributed by atoms with Crippen LogP contribution in [-0.4, -0.2) is 69.7 Å². The van der Waals surface area contributed by atoms with E-state index in [0.29, 0.717) is 13.2 Å². The standard InChI is InChI=1S/C14H27NO6/c1-14(2,3)21-13(17)15(7-8-18-4)11(10-19-5)9-12(16)20-6/h11H,7-10H2,1-6H3. The van der Waals surface area contributed by atoms with Crippen molar-refractivity contribution in [2.24, 2.45) is 0 Å². The van der Waals surface area contributed by atoms with Crippen LogP contribution in [0, 0.1) is 0 Å². The molecule has 0 aromatic heterocycles. The van der Waals surface area contributed by atoms with Crippen LogP contribution < -0.4 is 0 Å². The van der Waals surface area contributed by atoms with Gasteiger partial charge in [-0.05, 0) is 20.8 Å². The van der Waals surface area contributed by atoms with Gasteiger partial charge in [-0.2, -0.15) is 0 Å². The molecule has 0 aliphatic carbocycles. The Balaban J connectivity index is 5.02. The van der Waals surface area contributed by atoms with Crippen LogP contribution in [-0.2, 0) is 23.7 Å². The average molecular weight is 305 g/mol. The second kappa shape index (κ2) is 9.57. The molecule has 124 valence electrons. The Morgan fingerprint density at radius 2 is 1.71 bits per heavy atom. The number of nitrogens with zero attached hydrogens (tertiary/aromatic N) is 1. The van der Waals surface area contributed by atoms with Crippen LogP contribution >= 0.6 is 0 Å². The van der Waals surface area contributed by atoms with Crippen molar-refractivity contribution in [2.75, 3.05) is 41.1 Å². The molecule has 0 aliphatic rings. The summed E-state index contributed by atoms with van der Waals surface area (Å²) in [5.41, 5.74) is -0.620. The molecule has 0 radical (unpaired) electrons. The summed E-state index contributed by atoms with van der Waals surface area (Å²) < 4.78 is 20.1. The predicted molar refractivity (Wildman–Crippen MR) is 77.1 cm³/mol. The van der Waals surface area contributed by atoms with Crippen molar-refractivity contribution < 1.29 is 28.5 Å². The molecule has 21 heavy (non-hydrogen) atoms.